The van der Waals surface area contributed by atoms with E-state index >= 15 is 0 Å². The number of nitrogen functional groups attached to an aromatic ring is 1. The maximum absolute atomic E-state index is 6.40. The van der Waals surface area contributed by atoms with Gasteiger partial charge in [-0.3, -0.25) is 4.68 Å². The highest BCUT2D eigenvalue weighted by atomic mass is 35.5. The van der Waals surface area contributed by atoms with Crippen molar-refractivity contribution in [3.05, 3.63) is 59.6 Å². The number of halogens is 1. The largest absolute Gasteiger partial charge is 0.492 e. The summed E-state index contributed by atoms with van der Waals surface area (Å²) in [4.78, 5) is 9.14. The van der Waals surface area contributed by atoms with Crippen molar-refractivity contribution in [3.63, 3.8) is 0 Å². The molecule has 0 bridgehead atoms. The molecule has 8 heteroatoms. The van der Waals surface area contributed by atoms with Crippen molar-refractivity contribution in [2.75, 3.05) is 24.2 Å². The van der Waals surface area contributed by atoms with E-state index in [1.54, 1.807) is 11.7 Å². The minimum atomic E-state index is 0.442. The summed E-state index contributed by atoms with van der Waals surface area (Å²) in [5, 5.41) is 8.85. The molecule has 0 amide bonds. The van der Waals surface area contributed by atoms with Gasteiger partial charge >= 0.3 is 0 Å². The third-order valence-electron chi connectivity index (χ3n) is 4.27. The molecule has 0 radical (unpaired) electrons. The Morgan fingerprint density at radius 1 is 1.07 bits per heavy atom. The summed E-state index contributed by atoms with van der Waals surface area (Å²) in [6.07, 6.45) is 0. The fraction of sp³-hybridized carbons (Fsp3) is 0.150. The van der Waals surface area contributed by atoms with Gasteiger partial charge < -0.3 is 15.8 Å². The summed E-state index contributed by atoms with van der Waals surface area (Å²) >= 11 is 6.40. The summed E-state index contributed by atoms with van der Waals surface area (Å²) in [5.74, 6) is 1.75. The molecule has 142 valence electrons. The zero-order valence-electron chi connectivity index (χ0n) is 15.3. The Hall–Kier alpha value is -3.32. The van der Waals surface area contributed by atoms with Crippen LogP contribution in [0.1, 0.15) is 0 Å². The average Bonchev–Trinajstić information content (AvgIpc) is 3.00. The Bertz CT molecular complexity index is 1110. The van der Waals surface area contributed by atoms with Crippen LogP contribution in [0.25, 0.3) is 22.3 Å². The van der Waals surface area contributed by atoms with Crippen LogP contribution in [0.2, 0.25) is 5.02 Å². The molecule has 0 saturated carbocycles. The number of rotatable bonds is 6. The third-order valence-corrected chi connectivity index (χ3v) is 4.60. The molecule has 0 aliphatic heterocycles. The average molecular weight is 395 g/mol. The Morgan fingerprint density at radius 2 is 1.82 bits per heavy atom. The Morgan fingerprint density at radius 3 is 2.61 bits per heavy atom. The first-order valence-corrected chi connectivity index (χ1v) is 9.18. The molecule has 3 N–H and O–H groups in total. The SMILES string of the molecule is Cn1nc2nc(NCCOc3ccccc3)nc(-c3ccccc3Cl)c2c1N. The number of aryl methyl sites for hydroxylation is 1. The van der Waals surface area contributed by atoms with E-state index in [4.69, 9.17) is 22.1 Å². The van der Waals surface area contributed by atoms with Gasteiger partial charge in [-0.15, -0.1) is 0 Å². The van der Waals surface area contributed by atoms with Crippen LogP contribution in [0, 0.1) is 0 Å². The number of hydrogen-bond donors (Lipinski definition) is 2. The van der Waals surface area contributed by atoms with E-state index in [9.17, 15) is 0 Å². The summed E-state index contributed by atoms with van der Waals surface area (Å²) < 4.78 is 7.28. The molecule has 0 fully saturated rings. The maximum Gasteiger partial charge on any atom is 0.225 e. The van der Waals surface area contributed by atoms with Crippen molar-refractivity contribution in [1.29, 1.82) is 0 Å². The zero-order chi connectivity index (χ0) is 19.5. The second-order valence-electron chi connectivity index (χ2n) is 6.17. The van der Waals surface area contributed by atoms with Gasteiger partial charge in [-0.05, 0) is 18.2 Å². The molecule has 2 heterocycles. The predicted octanol–water partition coefficient (Wildman–Crippen LogP) is 3.76. The molecular weight excluding hydrogens is 376 g/mol. The molecule has 0 aliphatic carbocycles. The van der Waals surface area contributed by atoms with E-state index in [-0.39, 0.29) is 0 Å². The number of hydrogen-bond acceptors (Lipinski definition) is 6. The lowest BCUT2D eigenvalue weighted by atomic mass is 10.1. The van der Waals surface area contributed by atoms with Crippen molar-refractivity contribution >= 4 is 34.4 Å². The lowest BCUT2D eigenvalue weighted by Gasteiger charge is -2.10. The standard InChI is InChI=1S/C20H19ClN6O/c1-27-18(22)16-17(14-9-5-6-10-15(14)21)24-20(25-19(16)26-27)23-11-12-28-13-7-3-2-4-8-13/h2-10H,11-12,22H2,1H3,(H,23,25,26). The lowest BCUT2D eigenvalue weighted by molar-refractivity contribution is 0.332. The van der Waals surface area contributed by atoms with Crippen LogP contribution in [-0.4, -0.2) is 32.9 Å². The molecule has 28 heavy (non-hydrogen) atoms. The normalized spacial score (nSPS) is 10.9. The predicted molar refractivity (Wildman–Crippen MR) is 112 cm³/mol. The number of fused-ring (bicyclic) bond motifs is 1. The molecule has 0 saturated heterocycles. The van der Waals surface area contributed by atoms with E-state index in [1.807, 2.05) is 54.6 Å². The monoisotopic (exact) mass is 394 g/mol. The van der Waals surface area contributed by atoms with Gasteiger partial charge in [-0.1, -0.05) is 48.0 Å². The number of para-hydroxylation sites is 1. The van der Waals surface area contributed by atoms with Crippen molar-refractivity contribution in [2.24, 2.45) is 7.05 Å². The van der Waals surface area contributed by atoms with Gasteiger partial charge in [-0.25, -0.2) is 4.98 Å². The van der Waals surface area contributed by atoms with Gasteiger partial charge in [0.1, 0.15) is 18.2 Å². The van der Waals surface area contributed by atoms with Gasteiger partial charge in [0.15, 0.2) is 5.65 Å². The van der Waals surface area contributed by atoms with Crippen LogP contribution in [0.15, 0.2) is 54.6 Å². The summed E-state index contributed by atoms with van der Waals surface area (Å²) in [6, 6.07) is 17.1. The summed E-state index contributed by atoms with van der Waals surface area (Å²) in [7, 11) is 1.77. The van der Waals surface area contributed by atoms with Crippen molar-refractivity contribution in [3.8, 4) is 17.0 Å². The number of ether oxygens (including phenoxy) is 1. The number of nitrogens with two attached hydrogens (primary N) is 1. The van der Waals surface area contributed by atoms with Gasteiger partial charge in [0.25, 0.3) is 0 Å². The first-order chi connectivity index (χ1) is 13.6. The first-order valence-electron chi connectivity index (χ1n) is 8.80. The second-order valence-corrected chi connectivity index (χ2v) is 6.58. The van der Waals surface area contributed by atoms with Gasteiger partial charge in [0.2, 0.25) is 5.95 Å². The molecule has 4 rings (SSSR count). The van der Waals surface area contributed by atoms with Gasteiger partial charge in [0, 0.05) is 17.6 Å². The molecule has 4 aromatic rings. The molecule has 0 spiro atoms. The molecular formula is C20H19ClN6O. The van der Waals surface area contributed by atoms with Gasteiger partial charge in [0.05, 0.1) is 17.6 Å². The fourth-order valence-corrected chi connectivity index (χ4v) is 3.12. The fourth-order valence-electron chi connectivity index (χ4n) is 2.89. The third kappa shape index (κ3) is 3.57. The number of benzene rings is 2. The van der Waals surface area contributed by atoms with Gasteiger partial charge in [-0.2, -0.15) is 10.1 Å². The van der Waals surface area contributed by atoms with E-state index in [0.29, 0.717) is 46.7 Å². The number of nitrogens with one attached hydrogen (secondary N) is 1. The molecule has 2 aromatic heterocycles. The highest BCUT2D eigenvalue weighted by Crippen LogP contribution is 2.34. The second kappa shape index (κ2) is 7.74. The number of nitrogens with zero attached hydrogens (tertiary/aromatic N) is 4. The van der Waals surface area contributed by atoms with Crippen LogP contribution < -0.4 is 15.8 Å². The van der Waals surface area contributed by atoms with Crippen molar-refractivity contribution in [1.82, 2.24) is 19.7 Å². The quantitative estimate of drug-likeness (QED) is 0.484. The highest BCUT2D eigenvalue weighted by Gasteiger charge is 2.18. The molecule has 0 aliphatic rings. The summed E-state index contributed by atoms with van der Waals surface area (Å²) in [6.45, 7) is 1.00. The van der Waals surface area contributed by atoms with Crippen molar-refractivity contribution < 1.29 is 4.74 Å². The highest BCUT2D eigenvalue weighted by molar-refractivity contribution is 6.33. The van der Waals surface area contributed by atoms with E-state index < -0.39 is 0 Å². The topological polar surface area (TPSA) is 90.9 Å². The Kier molecular flexibility index (Phi) is 4.99. The Labute approximate surface area is 167 Å². The van der Waals surface area contributed by atoms with E-state index in [0.717, 1.165) is 11.3 Å². The maximum atomic E-state index is 6.40. The minimum absolute atomic E-state index is 0.442. The Balaban J connectivity index is 1.62. The van der Waals surface area contributed by atoms with E-state index in [1.165, 1.54) is 0 Å². The lowest BCUT2D eigenvalue weighted by Crippen LogP contribution is -2.13. The number of aromatic nitrogens is 4. The van der Waals surface area contributed by atoms with Crippen molar-refractivity contribution in [2.45, 2.75) is 0 Å². The molecule has 2 aromatic carbocycles. The number of anilines is 2. The molecule has 0 unspecified atom stereocenters. The van der Waals surface area contributed by atoms with Crippen LogP contribution >= 0.6 is 11.6 Å². The summed E-state index contributed by atoms with van der Waals surface area (Å²) in [5.41, 5.74) is 8.13. The first kappa shape index (κ1) is 18.1. The minimum Gasteiger partial charge on any atom is -0.492 e. The van der Waals surface area contributed by atoms with Crippen LogP contribution in [0.4, 0.5) is 11.8 Å². The van der Waals surface area contributed by atoms with E-state index in [2.05, 4.69) is 20.4 Å². The van der Waals surface area contributed by atoms with Crippen LogP contribution in [-0.2, 0) is 7.05 Å². The van der Waals surface area contributed by atoms with Crippen LogP contribution in [0.5, 0.6) is 5.75 Å². The molecule has 7 nitrogen and oxygen atoms in total. The van der Waals surface area contributed by atoms with Crippen LogP contribution in [0.3, 0.4) is 0 Å². The smallest absolute Gasteiger partial charge is 0.225 e. The zero-order valence-corrected chi connectivity index (χ0v) is 16.0. The molecule has 0 atom stereocenters.